The van der Waals surface area contributed by atoms with Crippen molar-refractivity contribution < 1.29 is 17.2 Å². The van der Waals surface area contributed by atoms with E-state index in [0.29, 0.717) is 16.5 Å². The molecule has 0 spiro atoms. The van der Waals surface area contributed by atoms with Crippen molar-refractivity contribution in [3.63, 3.8) is 0 Å². The smallest absolute Gasteiger partial charge is 0.267 e. The van der Waals surface area contributed by atoms with Crippen LogP contribution in [0.15, 0.2) is 59.5 Å². The van der Waals surface area contributed by atoms with Gasteiger partial charge < -0.3 is 4.55 Å². The first kappa shape index (κ1) is 16.0. The van der Waals surface area contributed by atoms with Gasteiger partial charge >= 0.3 is 0 Å². The molecule has 0 bridgehead atoms. The maximum absolute atomic E-state index is 12.8. The SMILES string of the molecule is [B]c1cc2c(CS(=O)[O-])cccc2n1S(=O)(=O)c1ccccc1. The highest BCUT2D eigenvalue weighted by atomic mass is 32.2. The Balaban J connectivity index is 2.27. The third kappa shape index (κ3) is 2.85. The van der Waals surface area contributed by atoms with E-state index in [2.05, 4.69) is 0 Å². The first-order valence-electron chi connectivity index (χ1n) is 6.66. The summed E-state index contributed by atoms with van der Waals surface area (Å²) in [5.74, 6) is -0.202. The summed E-state index contributed by atoms with van der Waals surface area (Å²) < 4.78 is 48.6. The lowest BCUT2D eigenvalue weighted by atomic mass is 10.0. The molecule has 116 valence electrons. The summed E-state index contributed by atoms with van der Waals surface area (Å²) >= 11 is -2.28. The Morgan fingerprint density at radius 2 is 1.78 bits per heavy atom. The van der Waals surface area contributed by atoms with Gasteiger partial charge in [-0.05, 0) is 35.4 Å². The Bertz CT molecular complexity index is 997. The summed E-state index contributed by atoms with van der Waals surface area (Å²) in [6, 6.07) is 14.3. The highest BCUT2D eigenvalue weighted by molar-refractivity contribution is 7.90. The molecule has 0 fully saturated rings. The minimum Gasteiger partial charge on any atom is -0.772 e. The van der Waals surface area contributed by atoms with E-state index >= 15 is 0 Å². The van der Waals surface area contributed by atoms with E-state index in [0.717, 1.165) is 3.97 Å². The van der Waals surface area contributed by atoms with E-state index in [1.807, 2.05) is 0 Å². The monoisotopic (exact) mass is 344 g/mol. The van der Waals surface area contributed by atoms with Crippen LogP contribution in [0.25, 0.3) is 10.9 Å². The fourth-order valence-electron chi connectivity index (χ4n) is 2.51. The minimum absolute atomic E-state index is 0.0352. The number of nitrogens with zero attached hydrogens (tertiary/aromatic N) is 1. The third-order valence-corrected chi connectivity index (χ3v) is 5.78. The lowest BCUT2D eigenvalue weighted by Gasteiger charge is -2.11. The Labute approximate surface area is 137 Å². The van der Waals surface area contributed by atoms with Gasteiger partial charge in [-0.3, -0.25) is 4.21 Å². The highest BCUT2D eigenvalue weighted by Gasteiger charge is 2.21. The van der Waals surface area contributed by atoms with Gasteiger partial charge in [0, 0.05) is 11.1 Å². The van der Waals surface area contributed by atoms with Gasteiger partial charge in [-0.15, -0.1) is 0 Å². The van der Waals surface area contributed by atoms with E-state index in [1.54, 1.807) is 36.4 Å². The van der Waals surface area contributed by atoms with Crippen LogP contribution in [0.1, 0.15) is 5.56 Å². The van der Waals surface area contributed by atoms with Crippen molar-refractivity contribution in [1.82, 2.24) is 3.97 Å². The van der Waals surface area contributed by atoms with Crippen LogP contribution in [0.4, 0.5) is 0 Å². The second-order valence-corrected chi connectivity index (χ2v) is 7.63. The molecule has 0 aliphatic carbocycles. The Hall–Kier alpha value is -1.90. The Kier molecular flexibility index (Phi) is 4.14. The molecule has 1 unspecified atom stereocenters. The molecule has 0 N–H and O–H groups in total. The van der Waals surface area contributed by atoms with Crippen LogP contribution in [-0.4, -0.2) is 29.0 Å². The molecule has 1 heterocycles. The average Bonchev–Trinajstić information content (AvgIpc) is 2.85. The predicted molar refractivity (Wildman–Crippen MR) is 89.0 cm³/mol. The van der Waals surface area contributed by atoms with Crippen LogP contribution < -0.4 is 5.59 Å². The first-order valence-corrected chi connectivity index (χ1v) is 9.35. The van der Waals surface area contributed by atoms with E-state index < -0.39 is 21.1 Å². The zero-order valence-corrected chi connectivity index (χ0v) is 13.5. The van der Waals surface area contributed by atoms with Gasteiger partial charge in [0.15, 0.2) is 0 Å². The predicted octanol–water partition coefficient (Wildman–Crippen LogP) is 1.05. The number of rotatable bonds is 4. The van der Waals surface area contributed by atoms with Crippen molar-refractivity contribution in [3.8, 4) is 0 Å². The highest BCUT2D eigenvalue weighted by Crippen LogP contribution is 2.24. The van der Waals surface area contributed by atoms with Gasteiger partial charge in [-0.1, -0.05) is 41.4 Å². The van der Waals surface area contributed by atoms with Crippen LogP contribution in [-0.2, 0) is 26.9 Å². The molecule has 3 rings (SSSR count). The molecule has 23 heavy (non-hydrogen) atoms. The molecule has 0 saturated heterocycles. The number of aromatic nitrogens is 1. The molecule has 1 atom stereocenters. The largest absolute Gasteiger partial charge is 0.772 e. The molecule has 8 heteroatoms. The Morgan fingerprint density at radius 3 is 2.43 bits per heavy atom. The number of benzene rings is 2. The van der Waals surface area contributed by atoms with E-state index in [9.17, 15) is 17.2 Å². The molecular weight excluding hydrogens is 333 g/mol. The first-order chi connectivity index (χ1) is 10.9. The number of hydrogen-bond donors (Lipinski definition) is 0. The van der Waals surface area contributed by atoms with Gasteiger partial charge in [0.25, 0.3) is 10.0 Å². The number of fused-ring (bicyclic) bond motifs is 1. The lowest BCUT2D eigenvalue weighted by Crippen LogP contribution is -2.24. The number of hydrogen-bond acceptors (Lipinski definition) is 4. The van der Waals surface area contributed by atoms with Gasteiger partial charge in [0.05, 0.1) is 10.4 Å². The van der Waals surface area contributed by atoms with E-state index in [4.69, 9.17) is 7.85 Å². The van der Waals surface area contributed by atoms with Crippen LogP contribution in [0.2, 0.25) is 0 Å². The van der Waals surface area contributed by atoms with Crippen LogP contribution in [0, 0.1) is 0 Å². The maximum Gasteiger partial charge on any atom is 0.267 e. The second-order valence-electron chi connectivity index (χ2n) is 4.95. The molecular formula is C15H11BNO4S2-. The summed E-state index contributed by atoms with van der Waals surface area (Å²) in [6.45, 7) is 0. The topological polar surface area (TPSA) is 79.2 Å². The molecule has 1 aromatic heterocycles. The fourth-order valence-corrected chi connectivity index (χ4v) is 4.47. The summed E-state index contributed by atoms with van der Waals surface area (Å²) in [5, 5.41) is 0.508. The van der Waals surface area contributed by atoms with Crippen molar-refractivity contribution in [2.75, 3.05) is 0 Å². The summed E-state index contributed by atoms with van der Waals surface area (Å²) in [7, 11) is 2.05. The van der Waals surface area contributed by atoms with Gasteiger partial charge in [0.1, 0.15) is 7.85 Å². The van der Waals surface area contributed by atoms with Crippen molar-refractivity contribution in [2.45, 2.75) is 10.6 Å². The quantitative estimate of drug-likeness (QED) is 0.524. The second kappa shape index (κ2) is 5.95. The molecule has 0 aliphatic rings. The molecule has 0 amide bonds. The van der Waals surface area contributed by atoms with Gasteiger partial charge in [0.2, 0.25) is 0 Å². The Morgan fingerprint density at radius 1 is 1.09 bits per heavy atom. The van der Waals surface area contributed by atoms with Crippen molar-refractivity contribution in [1.29, 1.82) is 0 Å². The van der Waals surface area contributed by atoms with Crippen molar-refractivity contribution in [2.24, 2.45) is 0 Å². The molecule has 5 nitrogen and oxygen atoms in total. The summed E-state index contributed by atoms with van der Waals surface area (Å²) in [4.78, 5) is 0.113. The molecule has 0 aliphatic heterocycles. The summed E-state index contributed by atoms with van der Waals surface area (Å²) in [5.41, 5.74) is 0.895. The lowest BCUT2D eigenvalue weighted by molar-refractivity contribution is 0.536. The molecule has 3 aromatic rings. The van der Waals surface area contributed by atoms with Crippen molar-refractivity contribution in [3.05, 3.63) is 60.2 Å². The van der Waals surface area contributed by atoms with Gasteiger partial charge in [-0.25, -0.2) is 12.4 Å². The minimum atomic E-state index is -3.86. The molecule has 2 radical (unpaired) electrons. The zero-order chi connectivity index (χ0) is 16.6. The molecule has 2 aromatic carbocycles. The van der Waals surface area contributed by atoms with Crippen molar-refractivity contribution >= 4 is 45.4 Å². The molecule has 0 saturated carbocycles. The average molecular weight is 344 g/mol. The summed E-state index contributed by atoms with van der Waals surface area (Å²) in [6.07, 6.45) is 0. The fraction of sp³-hybridized carbons (Fsp3) is 0.0667. The van der Waals surface area contributed by atoms with Crippen LogP contribution in [0.5, 0.6) is 0 Å². The normalized spacial score (nSPS) is 13.3. The van der Waals surface area contributed by atoms with Crippen LogP contribution >= 0.6 is 0 Å². The maximum atomic E-state index is 12.8. The van der Waals surface area contributed by atoms with Gasteiger partial charge in [-0.2, -0.15) is 0 Å². The van der Waals surface area contributed by atoms with E-state index in [1.165, 1.54) is 18.2 Å². The zero-order valence-electron chi connectivity index (χ0n) is 11.9. The standard InChI is InChI=1S/C15H12BNO4S2/c16-15-9-13-11(10-22(18)19)5-4-8-14(13)17(15)23(20,21)12-6-2-1-3-7-12/h1-9H,10H2,(H,18,19)/p-1. The van der Waals surface area contributed by atoms with Crippen LogP contribution in [0.3, 0.4) is 0 Å². The van der Waals surface area contributed by atoms with E-state index in [-0.39, 0.29) is 16.2 Å². The third-order valence-electron chi connectivity index (χ3n) is 3.47.